The molecule has 0 bridgehead atoms. The Balaban J connectivity index is 1.64. The Hall–Kier alpha value is -0.380. The fourth-order valence-corrected chi connectivity index (χ4v) is 3.27. The number of thiophene rings is 1. The van der Waals surface area contributed by atoms with Crippen molar-refractivity contribution in [1.82, 2.24) is 10.2 Å². The van der Waals surface area contributed by atoms with E-state index in [0.29, 0.717) is 0 Å². The fraction of sp³-hybridized carbons (Fsp3) is 0.714. The summed E-state index contributed by atoms with van der Waals surface area (Å²) in [5, 5.41) is 5.85. The molecule has 1 heterocycles. The van der Waals surface area contributed by atoms with Gasteiger partial charge in [0.1, 0.15) is 0 Å². The minimum atomic E-state index is 0.801. The van der Waals surface area contributed by atoms with E-state index in [9.17, 15) is 0 Å². The van der Waals surface area contributed by atoms with Crippen LogP contribution in [-0.2, 0) is 6.54 Å². The van der Waals surface area contributed by atoms with E-state index in [0.717, 1.165) is 25.7 Å². The third-order valence-corrected chi connectivity index (χ3v) is 4.48. The first kappa shape index (κ1) is 13.1. The van der Waals surface area contributed by atoms with Crippen molar-refractivity contribution in [2.24, 2.45) is 0 Å². The Morgan fingerprint density at radius 1 is 1.41 bits per heavy atom. The third-order valence-electron chi connectivity index (χ3n) is 3.62. The van der Waals surface area contributed by atoms with Crippen molar-refractivity contribution >= 4 is 11.3 Å². The quantitative estimate of drug-likeness (QED) is 0.802. The van der Waals surface area contributed by atoms with Gasteiger partial charge in [-0.25, -0.2) is 0 Å². The summed E-state index contributed by atoms with van der Waals surface area (Å²) in [4.78, 5) is 4.00. The molecule has 0 unspecified atom stereocenters. The van der Waals surface area contributed by atoms with Gasteiger partial charge in [0.2, 0.25) is 0 Å². The van der Waals surface area contributed by atoms with Gasteiger partial charge in [-0.2, -0.15) is 0 Å². The van der Waals surface area contributed by atoms with Gasteiger partial charge in [-0.15, -0.1) is 11.3 Å². The maximum Gasteiger partial charge on any atom is 0.0328 e. The van der Waals surface area contributed by atoms with Gasteiger partial charge in [0, 0.05) is 30.6 Å². The lowest BCUT2D eigenvalue weighted by Gasteiger charge is -2.21. The molecule has 0 spiro atoms. The van der Waals surface area contributed by atoms with Crippen LogP contribution in [-0.4, -0.2) is 30.6 Å². The van der Waals surface area contributed by atoms with Crippen LogP contribution in [0.25, 0.3) is 0 Å². The van der Waals surface area contributed by atoms with Crippen molar-refractivity contribution in [1.29, 1.82) is 0 Å². The van der Waals surface area contributed by atoms with E-state index in [1.54, 1.807) is 0 Å². The summed E-state index contributed by atoms with van der Waals surface area (Å²) in [7, 11) is 0. The van der Waals surface area contributed by atoms with Gasteiger partial charge < -0.3 is 5.32 Å². The lowest BCUT2D eigenvalue weighted by molar-refractivity contribution is 0.276. The van der Waals surface area contributed by atoms with Crippen LogP contribution in [0.2, 0.25) is 0 Å². The van der Waals surface area contributed by atoms with E-state index in [2.05, 4.69) is 34.7 Å². The molecule has 0 aliphatic heterocycles. The molecule has 0 atom stereocenters. The second kappa shape index (κ2) is 7.14. The van der Waals surface area contributed by atoms with Gasteiger partial charge in [0.25, 0.3) is 0 Å². The first-order chi connectivity index (χ1) is 8.38. The molecule has 2 rings (SSSR count). The van der Waals surface area contributed by atoms with Crippen LogP contribution in [0.5, 0.6) is 0 Å². The number of hydrogen-bond acceptors (Lipinski definition) is 3. The molecule has 1 fully saturated rings. The summed E-state index contributed by atoms with van der Waals surface area (Å²) < 4.78 is 0. The standard InChI is InChI=1S/C14H24N2S/c1-2-16(12-14-8-5-11-17-14)10-9-15-13-6-3-4-7-13/h5,8,11,13,15H,2-4,6-7,9-10,12H2,1H3. The Bertz CT molecular complexity index is 291. The second-order valence-electron chi connectivity index (χ2n) is 4.88. The van der Waals surface area contributed by atoms with E-state index in [1.807, 2.05) is 11.3 Å². The minimum absolute atomic E-state index is 0.801. The van der Waals surface area contributed by atoms with Gasteiger partial charge >= 0.3 is 0 Å². The second-order valence-corrected chi connectivity index (χ2v) is 5.92. The summed E-state index contributed by atoms with van der Waals surface area (Å²) in [6, 6.07) is 5.18. The highest BCUT2D eigenvalue weighted by Gasteiger charge is 2.14. The largest absolute Gasteiger partial charge is 0.313 e. The van der Waals surface area contributed by atoms with Crippen molar-refractivity contribution in [2.45, 2.75) is 45.2 Å². The predicted octanol–water partition coefficient (Wildman–Crippen LogP) is 3.10. The predicted molar refractivity (Wildman–Crippen MR) is 75.5 cm³/mol. The van der Waals surface area contributed by atoms with Gasteiger partial charge in [-0.1, -0.05) is 25.8 Å². The van der Waals surface area contributed by atoms with E-state index in [4.69, 9.17) is 0 Å². The zero-order chi connectivity index (χ0) is 11.9. The fourth-order valence-electron chi connectivity index (χ4n) is 2.53. The number of nitrogens with one attached hydrogen (secondary N) is 1. The highest BCUT2D eigenvalue weighted by Crippen LogP contribution is 2.17. The average Bonchev–Trinajstić information content (AvgIpc) is 3.00. The van der Waals surface area contributed by atoms with Crippen LogP contribution >= 0.6 is 11.3 Å². The number of rotatable bonds is 7. The molecule has 0 saturated heterocycles. The minimum Gasteiger partial charge on any atom is -0.313 e. The topological polar surface area (TPSA) is 15.3 Å². The molecule has 1 aromatic rings. The molecule has 2 nitrogen and oxygen atoms in total. The van der Waals surface area contributed by atoms with Crippen LogP contribution in [0.15, 0.2) is 17.5 Å². The molecule has 0 radical (unpaired) electrons. The Labute approximate surface area is 109 Å². The highest BCUT2D eigenvalue weighted by atomic mass is 32.1. The molecular weight excluding hydrogens is 228 g/mol. The zero-order valence-electron chi connectivity index (χ0n) is 10.8. The summed E-state index contributed by atoms with van der Waals surface area (Å²) in [6.45, 7) is 6.82. The molecule has 3 heteroatoms. The van der Waals surface area contributed by atoms with E-state index in [1.165, 1.54) is 37.1 Å². The Kier molecular flexibility index (Phi) is 5.49. The van der Waals surface area contributed by atoms with Crippen LogP contribution in [0.4, 0.5) is 0 Å². The molecule has 1 aromatic heterocycles. The maximum atomic E-state index is 3.69. The zero-order valence-corrected chi connectivity index (χ0v) is 11.6. The number of likely N-dealkylation sites (N-methyl/N-ethyl adjacent to an activating group) is 1. The van der Waals surface area contributed by atoms with E-state index < -0.39 is 0 Å². The molecule has 1 aliphatic carbocycles. The molecule has 1 N–H and O–H groups in total. The first-order valence-electron chi connectivity index (χ1n) is 6.86. The van der Waals surface area contributed by atoms with Crippen LogP contribution in [0.1, 0.15) is 37.5 Å². The average molecular weight is 252 g/mol. The summed E-state index contributed by atoms with van der Waals surface area (Å²) in [5.74, 6) is 0. The van der Waals surface area contributed by atoms with E-state index in [-0.39, 0.29) is 0 Å². The molecule has 0 aromatic carbocycles. The van der Waals surface area contributed by atoms with E-state index >= 15 is 0 Å². The van der Waals surface area contributed by atoms with Crippen molar-refractivity contribution in [3.05, 3.63) is 22.4 Å². The molecule has 17 heavy (non-hydrogen) atoms. The highest BCUT2D eigenvalue weighted by molar-refractivity contribution is 7.09. The number of nitrogens with zero attached hydrogens (tertiary/aromatic N) is 1. The van der Waals surface area contributed by atoms with Gasteiger partial charge in [0.15, 0.2) is 0 Å². The molecule has 1 saturated carbocycles. The van der Waals surface area contributed by atoms with Crippen LogP contribution in [0, 0.1) is 0 Å². The lowest BCUT2D eigenvalue weighted by atomic mass is 10.2. The maximum absolute atomic E-state index is 3.69. The van der Waals surface area contributed by atoms with Gasteiger partial charge in [-0.05, 0) is 30.8 Å². The van der Waals surface area contributed by atoms with Crippen molar-refractivity contribution in [2.75, 3.05) is 19.6 Å². The third kappa shape index (κ3) is 4.41. The monoisotopic (exact) mass is 252 g/mol. The number of hydrogen-bond donors (Lipinski definition) is 1. The summed E-state index contributed by atoms with van der Waals surface area (Å²) in [5.41, 5.74) is 0. The van der Waals surface area contributed by atoms with Gasteiger partial charge in [0.05, 0.1) is 0 Å². The van der Waals surface area contributed by atoms with Crippen molar-refractivity contribution in [3.63, 3.8) is 0 Å². The normalized spacial score (nSPS) is 17.1. The molecular formula is C14H24N2S. The SMILES string of the molecule is CCN(CCNC1CCCC1)Cc1cccs1. The first-order valence-corrected chi connectivity index (χ1v) is 7.74. The lowest BCUT2D eigenvalue weighted by Crippen LogP contribution is -2.35. The Morgan fingerprint density at radius 2 is 2.24 bits per heavy atom. The van der Waals surface area contributed by atoms with Crippen molar-refractivity contribution < 1.29 is 0 Å². The van der Waals surface area contributed by atoms with Crippen LogP contribution < -0.4 is 5.32 Å². The molecule has 96 valence electrons. The van der Waals surface area contributed by atoms with Gasteiger partial charge in [-0.3, -0.25) is 4.90 Å². The van der Waals surface area contributed by atoms with Crippen LogP contribution in [0.3, 0.4) is 0 Å². The molecule has 1 aliphatic rings. The van der Waals surface area contributed by atoms with Crippen molar-refractivity contribution in [3.8, 4) is 0 Å². The molecule has 0 amide bonds. The smallest absolute Gasteiger partial charge is 0.0328 e. The Morgan fingerprint density at radius 3 is 2.88 bits per heavy atom. The summed E-state index contributed by atoms with van der Waals surface area (Å²) in [6.07, 6.45) is 5.61. The summed E-state index contributed by atoms with van der Waals surface area (Å²) >= 11 is 1.86.